The van der Waals surface area contributed by atoms with Crippen LogP contribution in [0.5, 0.6) is 0 Å². The lowest BCUT2D eigenvalue weighted by Gasteiger charge is -2.16. The molecule has 0 saturated carbocycles. The van der Waals surface area contributed by atoms with Crippen molar-refractivity contribution in [2.24, 2.45) is 0 Å². The van der Waals surface area contributed by atoms with Gasteiger partial charge in [-0.2, -0.15) is 0 Å². The van der Waals surface area contributed by atoms with Crippen LogP contribution < -0.4 is 5.19 Å². The van der Waals surface area contributed by atoms with Crippen LogP contribution in [0.3, 0.4) is 0 Å². The van der Waals surface area contributed by atoms with Gasteiger partial charge in [0.05, 0.1) is 8.07 Å². The average molecular weight is 294 g/mol. The van der Waals surface area contributed by atoms with E-state index in [4.69, 9.17) is 0 Å². The van der Waals surface area contributed by atoms with E-state index in [2.05, 4.69) is 54.3 Å². The minimum atomic E-state index is -1.16. The molecule has 18 heavy (non-hydrogen) atoms. The molecule has 0 radical (unpaired) electrons. The summed E-state index contributed by atoms with van der Waals surface area (Å²) in [5, 5.41) is 3.64. The summed E-state index contributed by atoms with van der Waals surface area (Å²) in [4.78, 5) is 4.47. The van der Waals surface area contributed by atoms with Gasteiger partial charge in [0, 0.05) is 16.8 Å². The molecule has 0 aliphatic rings. The first kappa shape index (κ1) is 13.8. The van der Waals surface area contributed by atoms with Crippen LogP contribution in [0.4, 0.5) is 0 Å². The zero-order valence-electron chi connectivity index (χ0n) is 11.4. The Kier molecular flexibility index (Phi) is 4.30. The summed E-state index contributed by atoms with van der Waals surface area (Å²) in [6.07, 6.45) is 0. The molecular weight excluding hydrogens is 274 g/mol. The maximum atomic E-state index is 4.47. The largest absolute Gasteiger partial charge is 0.235 e. The van der Waals surface area contributed by atoms with Gasteiger partial charge in [-0.15, -0.1) is 11.3 Å². The van der Waals surface area contributed by atoms with Gasteiger partial charge in [-0.25, -0.2) is 4.98 Å². The average Bonchev–Trinajstić information content (AvgIpc) is 2.72. The second kappa shape index (κ2) is 5.59. The van der Waals surface area contributed by atoms with Crippen LogP contribution >= 0.6 is 23.1 Å². The van der Waals surface area contributed by atoms with Crippen molar-refractivity contribution in [1.82, 2.24) is 4.98 Å². The summed E-state index contributed by atoms with van der Waals surface area (Å²) in [5.41, 5.74) is 2.51. The Morgan fingerprint density at radius 3 is 2.33 bits per heavy atom. The molecule has 0 fully saturated rings. The number of aryl methyl sites for hydroxylation is 1. The van der Waals surface area contributed by atoms with Crippen molar-refractivity contribution >= 4 is 36.4 Å². The van der Waals surface area contributed by atoms with Crippen LogP contribution in [-0.2, 0) is 5.75 Å². The Balaban J connectivity index is 1.98. The van der Waals surface area contributed by atoms with Gasteiger partial charge >= 0.3 is 0 Å². The van der Waals surface area contributed by atoms with Crippen molar-refractivity contribution in [2.45, 2.75) is 36.7 Å². The maximum Gasteiger partial charge on any atom is 0.150 e. The van der Waals surface area contributed by atoms with Gasteiger partial charge < -0.3 is 0 Å². The van der Waals surface area contributed by atoms with Gasteiger partial charge in [0.15, 0.2) is 0 Å². The number of aromatic nitrogens is 1. The normalized spacial score (nSPS) is 11.8. The molecule has 0 spiro atoms. The molecule has 4 heteroatoms. The van der Waals surface area contributed by atoms with Crippen LogP contribution in [0, 0.1) is 6.92 Å². The van der Waals surface area contributed by atoms with Crippen molar-refractivity contribution < 1.29 is 0 Å². The highest BCUT2D eigenvalue weighted by Gasteiger charge is 2.15. The van der Waals surface area contributed by atoms with Crippen LogP contribution in [0.25, 0.3) is 0 Å². The minimum Gasteiger partial charge on any atom is -0.235 e. The highest BCUT2D eigenvalue weighted by Crippen LogP contribution is 2.25. The van der Waals surface area contributed by atoms with Crippen LogP contribution in [0.15, 0.2) is 34.0 Å². The summed E-state index contributed by atoms with van der Waals surface area (Å²) in [6.45, 7) is 9.20. The molecule has 0 aliphatic carbocycles. The predicted octanol–water partition coefficient (Wildman–Crippen LogP) is 4.29. The molecule has 1 nitrogen and oxygen atoms in total. The number of hydrogen-bond donors (Lipinski definition) is 0. The monoisotopic (exact) mass is 293 g/mol. The fourth-order valence-corrected chi connectivity index (χ4v) is 4.62. The lowest BCUT2D eigenvalue weighted by Crippen LogP contribution is -2.37. The predicted molar refractivity (Wildman–Crippen MR) is 85.8 cm³/mol. The van der Waals surface area contributed by atoms with Crippen molar-refractivity contribution in [3.63, 3.8) is 0 Å². The summed E-state index contributed by atoms with van der Waals surface area (Å²) in [7, 11) is -1.16. The van der Waals surface area contributed by atoms with Gasteiger partial charge in [-0.3, -0.25) is 0 Å². The van der Waals surface area contributed by atoms with Crippen LogP contribution in [-0.4, -0.2) is 13.1 Å². The van der Waals surface area contributed by atoms with Gasteiger partial charge in [-0.05, 0) is 12.5 Å². The summed E-state index contributed by atoms with van der Waals surface area (Å²) in [6, 6.07) is 9.13. The minimum absolute atomic E-state index is 1.01. The highest BCUT2D eigenvalue weighted by molar-refractivity contribution is 8.00. The van der Waals surface area contributed by atoms with Gasteiger partial charge in [0.1, 0.15) is 4.34 Å². The number of thiazole rings is 1. The molecule has 1 aromatic heterocycles. The van der Waals surface area contributed by atoms with E-state index in [1.165, 1.54) is 15.1 Å². The zero-order chi connectivity index (χ0) is 13.2. The quantitative estimate of drug-likeness (QED) is 0.616. The van der Waals surface area contributed by atoms with Crippen molar-refractivity contribution in [3.05, 3.63) is 40.9 Å². The van der Waals surface area contributed by atoms with Crippen molar-refractivity contribution in [1.29, 1.82) is 0 Å². The van der Waals surface area contributed by atoms with Crippen molar-refractivity contribution in [2.75, 3.05) is 0 Å². The first-order valence-corrected chi connectivity index (χ1v) is 11.5. The lowest BCUT2D eigenvalue weighted by molar-refractivity contribution is 1.16. The first-order valence-electron chi connectivity index (χ1n) is 6.09. The summed E-state index contributed by atoms with van der Waals surface area (Å²) in [5.74, 6) is 1.01. The number of nitrogens with zero attached hydrogens (tertiary/aromatic N) is 1. The Hall–Kier alpha value is -0.583. The third kappa shape index (κ3) is 3.70. The topological polar surface area (TPSA) is 12.9 Å². The third-order valence-corrected chi connectivity index (χ3v) is 7.06. The SMILES string of the molecule is Cc1csc(SCc2ccc([Si](C)(C)C)cc2)n1. The van der Waals surface area contributed by atoms with E-state index in [9.17, 15) is 0 Å². The molecule has 2 rings (SSSR count). The van der Waals surface area contributed by atoms with E-state index in [-0.39, 0.29) is 0 Å². The maximum absolute atomic E-state index is 4.47. The van der Waals surface area contributed by atoms with Gasteiger partial charge in [-0.1, -0.05) is 60.9 Å². The first-order chi connectivity index (χ1) is 8.45. The molecule has 0 atom stereocenters. The fourth-order valence-electron chi connectivity index (χ4n) is 1.64. The van der Waals surface area contributed by atoms with E-state index in [1.54, 1.807) is 11.3 Å². The van der Waals surface area contributed by atoms with E-state index in [1.807, 2.05) is 18.7 Å². The standard InChI is InChI=1S/C14H19NS2Si/c1-11-9-16-14(15-11)17-10-12-5-7-13(8-6-12)18(2,3)4/h5-9H,10H2,1-4H3. The van der Waals surface area contributed by atoms with E-state index >= 15 is 0 Å². The Labute approximate surface area is 119 Å². The van der Waals surface area contributed by atoms with Crippen LogP contribution in [0.1, 0.15) is 11.3 Å². The number of rotatable bonds is 4. The highest BCUT2D eigenvalue weighted by atomic mass is 32.2. The molecule has 1 aromatic carbocycles. The van der Waals surface area contributed by atoms with Crippen LogP contribution in [0.2, 0.25) is 19.6 Å². The third-order valence-electron chi connectivity index (χ3n) is 2.78. The molecule has 0 amide bonds. The van der Waals surface area contributed by atoms with E-state index in [0.717, 1.165) is 11.4 Å². The molecule has 0 bridgehead atoms. The second-order valence-electron chi connectivity index (χ2n) is 5.49. The summed E-state index contributed by atoms with van der Waals surface area (Å²) < 4.78 is 1.17. The van der Waals surface area contributed by atoms with Gasteiger partial charge in [0.25, 0.3) is 0 Å². The molecule has 0 saturated heterocycles. The molecule has 0 unspecified atom stereocenters. The number of hydrogen-bond acceptors (Lipinski definition) is 3. The number of thioether (sulfide) groups is 1. The zero-order valence-corrected chi connectivity index (χ0v) is 14.0. The Morgan fingerprint density at radius 2 is 1.83 bits per heavy atom. The van der Waals surface area contributed by atoms with Crippen molar-refractivity contribution in [3.8, 4) is 0 Å². The lowest BCUT2D eigenvalue weighted by atomic mass is 10.2. The van der Waals surface area contributed by atoms with E-state index in [0.29, 0.717) is 0 Å². The summed E-state index contributed by atoms with van der Waals surface area (Å²) >= 11 is 3.56. The Morgan fingerprint density at radius 1 is 1.17 bits per heavy atom. The molecule has 2 aromatic rings. The molecular formula is C14H19NS2Si. The molecule has 1 heterocycles. The smallest absolute Gasteiger partial charge is 0.150 e. The molecule has 0 N–H and O–H groups in total. The van der Waals surface area contributed by atoms with Gasteiger partial charge in [0.2, 0.25) is 0 Å². The number of benzene rings is 1. The fraction of sp³-hybridized carbons (Fsp3) is 0.357. The molecule has 0 aliphatic heterocycles. The molecule has 96 valence electrons. The second-order valence-corrected chi connectivity index (χ2v) is 12.6. The Bertz CT molecular complexity index is 511. The van der Waals surface area contributed by atoms with E-state index < -0.39 is 8.07 Å².